The van der Waals surface area contributed by atoms with E-state index in [2.05, 4.69) is 15.6 Å². The molecular formula is C23H25N3O5. The maximum atomic E-state index is 12.8. The summed E-state index contributed by atoms with van der Waals surface area (Å²) in [6, 6.07) is 10.3. The first-order chi connectivity index (χ1) is 14.9. The van der Waals surface area contributed by atoms with Crippen LogP contribution in [-0.2, 0) is 17.7 Å². The molecule has 0 saturated heterocycles. The number of hydrogen-bond donors (Lipinski definition) is 3. The van der Waals surface area contributed by atoms with Gasteiger partial charge in [0, 0.05) is 17.9 Å². The van der Waals surface area contributed by atoms with Crippen LogP contribution in [0.2, 0.25) is 0 Å². The topological polar surface area (TPSA) is 113 Å². The van der Waals surface area contributed by atoms with Crippen LogP contribution >= 0.6 is 0 Å². The van der Waals surface area contributed by atoms with Gasteiger partial charge in [-0.1, -0.05) is 25.5 Å². The highest BCUT2D eigenvalue weighted by Crippen LogP contribution is 2.22. The van der Waals surface area contributed by atoms with Crippen LogP contribution in [0.5, 0.6) is 0 Å². The van der Waals surface area contributed by atoms with Crippen LogP contribution < -0.4 is 10.6 Å². The van der Waals surface area contributed by atoms with Gasteiger partial charge in [-0.25, -0.2) is 4.79 Å². The molecule has 8 heteroatoms. The van der Waals surface area contributed by atoms with E-state index in [4.69, 9.17) is 9.15 Å². The van der Waals surface area contributed by atoms with Crippen molar-refractivity contribution in [2.24, 2.45) is 0 Å². The molecule has 0 spiro atoms. The molecule has 0 radical (unpaired) electrons. The molecule has 0 aliphatic heterocycles. The second kappa shape index (κ2) is 9.80. The number of aryl methyl sites for hydroxylation is 1. The number of esters is 1. The number of anilines is 1. The minimum absolute atomic E-state index is 0.229. The molecule has 31 heavy (non-hydrogen) atoms. The zero-order valence-electron chi connectivity index (χ0n) is 17.7. The van der Waals surface area contributed by atoms with Gasteiger partial charge >= 0.3 is 5.97 Å². The van der Waals surface area contributed by atoms with Gasteiger partial charge in [-0.3, -0.25) is 9.59 Å². The van der Waals surface area contributed by atoms with Crippen molar-refractivity contribution in [3.8, 4) is 0 Å². The number of H-pyrrole nitrogens is 1. The minimum atomic E-state index is -0.455. The van der Waals surface area contributed by atoms with Gasteiger partial charge in [-0.05, 0) is 48.7 Å². The van der Waals surface area contributed by atoms with E-state index in [1.165, 1.54) is 13.4 Å². The third-order valence-electron chi connectivity index (χ3n) is 4.82. The lowest BCUT2D eigenvalue weighted by Crippen LogP contribution is -2.24. The average molecular weight is 423 g/mol. The number of amides is 2. The van der Waals surface area contributed by atoms with Gasteiger partial charge in [-0.2, -0.15) is 0 Å². The number of aromatic amines is 1. The largest absolute Gasteiger partial charge is 0.465 e. The number of nitrogens with one attached hydrogen (secondary N) is 3. The van der Waals surface area contributed by atoms with Crippen LogP contribution in [0, 0.1) is 6.92 Å². The van der Waals surface area contributed by atoms with E-state index in [1.807, 2.05) is 19.1 Å². The van der Waals surface area contributed by atoms with Crippen LogP contribution in [0.15, 0.2) is 47.1 Å². The number of carbonyl (C=O) groups excluding carboxylic acids is 3. The second-order valence-corrected chi connectivity index (χ2v) is 7.03. The number of furan rings is 1. The number of hydrogen-bond acceptors (Lipinski definition) is 5. The van der Waals surface area contributed by atoms with E-state index in [9.17, 15) is 14.4 Å². The Morgan fingerprint density at radius 2 is 1.84 bits per heavy atom. The van der Waals surface area contributed by atoms with Crippen LogP contribution in [0.1, 0.15) is 61.6 Å². The van der Waals surface area contributed by atoms with Gasteiger partial charge in [0.05, 0.1) is 18.9 Å². The average Bonchev–Trinajstić information content (AvgIpc) is 3.41. The molecule has 2 amide bonds. The number of methoxy groups -OCH3 is 1. The van der Waals surface area contributed by atoms with Gasteiger partial charge in [0.2, 0.25) is 0 Å². The summed E-state index contributed by atoms with van der Waals surface area (Å²) >= 11 is 0. The normalized spacial score (nSPS) is 10.5. The quantitative estimate of drug-likeness (QED) is 0.477. The summed E-state index contributed by atoms with van der Waals surface area (Å²) < 4.78 is 9.93. The number of rotatable bonds is 8. The lowest BCUT2D eigenvalue weighted by Gasteiger charge is -2.08. The van der Waals surface area contributed by atoms with Gasteiger partial charge in [0.25, 0.3) is 11.8 Å². The van der Waals surface area contributed by atoms with Crippen LogP contribution in [0.4, 0.5) is 5.69 Å². The molecule has 0 unspecified atom stereocenters. The van der Waals surface area contributed by atoms with Crippen LogP contribution in [0.3, 0.4) is 0 Å². The Labute approximate surface area is 180 Å². The molecule has 2 heterocycles. The van der Waals surface area contributed by atoms with E-state index < -0.39 is 5.97 Å². The van der Waals surface area contributed by atoms with E-state index in [1.54, 1.807) is 31.2 Å². The van der Waals surface area contributed by atoms with Gasteiger partial charge in [-0.15, -0.1) is 0 Å². The third kappa shape index (κ3) is 5.03. The van der Waals surface area contributed by atoms with Gasteiger partial charge in [0.1, 0.15) is 5.69 Å². The molecule has 0 fully saturated rings. The molecule has 0 bridgehead atoms. The SMILES string of the molecule is CCCc1c(C(=O)NCc2ccc(NC(=O)c3ccco3)cc2)[nH]c(C)c1C(=O)OC. The minimum Gasteiger partial charge on any atom is -0.465 e. The van der Waals surface area contributed by atoms with E-state index >= 15 is 0 Å². The number of carbonyl (C=O) groups is 3. The highest BCUT2D eigenvalue weighted by atomic mass is 16.5. The zero-order chi connectivity index (χ0) is 22.4. The first kappa shape index (κ1) is 21.9. The Morgan fingerprint density at radius 1 is 1.10 bits per heavy atom. The summed E-state index contributed by atoms with van der Waals surface area (Å²) in [6.07, 6.45) is 2.81. The summed E-state index contributed by atoms with van der Waals surface area (Å²) in [6.45, 7) is 4.03. The lowest BCUT2D eigenvalue weighted by atomic mass is 10.0. The summed E-state index contributed by atoms with van der Waals surface area (Å²) in [5.41, 5.74) is 3.55. The van der Waals surface area contributed by atoms with E-state index in [0.29, 0.717) is 41.2 Å². The molecule has 0 saturated carbocycles. The summed E-state index contributed by atoms with van der Waals surface area (Å²) in [4.78, 5) is 39.9. The highest BCUT2D eigenvalue weighted by Gasteiger charge is 2.24. The van der Waals surface area contributed by atoms with Crippen molar-refractivity contribution in [2.45, 2.75) is 33.2 Å². The molecule has 8 nitrogen and oxygen atoms in total. The summed E-state index contributed by atoms with van der Waals surface area (Å²) in [7, 11) is 1.32. The molecule has 3 N–H and O–H groups in total. The van der Waals surface area contributed by atoms with Crippen molar-refractivity contribution in [3.05, 3.63) is 76.5 Å². The number of aromatic nitrogens is 1. The molecule has 3 rings (SSSR count). The maximum absolute atomic E-state index is 12.8. The Bertz CT molecular complexity index is 1070. The Hall–Kier alpha value is -3.81. The lowest BCUT2D eigenvalue weighted by molar-refractivity contribution is 0.0598. The number of benzene rings is 1. The Kier molecular flexibility index (Phi) is 6.92. The Balaban J connectivity index is 1.65. The van der Waals surface area contributed by atoms with E-state index in [0.717, 1.165) is 12.0 Å². The first-order valence-corrected chi connectivity index (χ1v) is 9.96. The van der Waals surface area contributed by atoms with Gasteiger partial charge in [0.15, 0.2) is 5.76 Å². The fraction of sp³-hybridized carbons (Fsp3) is 0.261. The van der Waals surface area contributed by atoms with Crippen molar-refractivity contribution >= 4 is 23.5 Å². The molecule has 0 aliphatic carbocycles. The van der Waals surface area contributed by atoms with Gasteiger partial charge < -0.3 is 24.8 Å². The van der Waals surface area contributed by atoms with Crippen molar-refractivity contribution in [1.82, 2.24) is 10.3 Å². The molecule has 1 aromatic carbocycles. The zero-order valence-corrected chi connectivity index (χ0v) is 17.7. The first-order valence-electron chi connectivity index (χ1n) is 9.96. The Morgan fingerprint density at radius 3 is 2.45 bits per heavy atom. The maximum Gasteiger partial charge on any atom is 0.339 e. The molecule has 162 valence electrons. The summed E-state index contributed by atoms with van der Waals surface area (Å²) in [5, 5.41) is 5.61. The van der Waals surface area contributed by atoms with Crippen molar-refractivity contribution < 1.29 is 23.5 Å². The second-order valence-electron chi connectivity index (χ2n) is 7.03. The molecular weight excluding hydrogens is 398 g/mol. The fourth-order valence-electron chi connectivity index (χ4n) is 3.33. The van der Waals surface area contributed by atoms with Crippen LogP contribution in [0.25, 0.3) is 0 Å². The van der Waals surface area contributed by atoms with Crippen molar-refractivity contribution in [2.75, 3.05) is 12.4 Å². The fourth-order valence-corrected chi connectivity index (χ4v) is 3.33. The predicted molar refractivity (Wildman–Crippen MR) is 115 cm³/mol. The van der Waals surface area contributed by atoms with Crippen molar-refractivity contribution in [3.63, 3.8) is 0 Å². The smallest absolute Gasteiger partial charge is 0.339 e. The number of ether oxygens (including phenoxy) is 1. The molecule has 0 aliphatic rings. The monoisotopic (exact) mass is 423 g/mol. The highest BCUT2D eigenvalue weighted by molar-refractivity contribution is 6.02. The third-order valence-corrected chi connectivity index (χ3v) is 4.82. The predicted octanol–water partition coefficient (Wildman–Crippen LogP) is 3.84. The molecule has 2 aromatic heterocycles. The van der Waals surface area contributed by atoms with E-state index in [-0.39, 0.29) is 17.6 Å². The standard InChI is InChI=1S/C23H25N3O5/c1-4-6-17-19(23(29)30-3)14(2)25-20(17)22(28)24-13-15-8-10-16(11-9-15)26-21(27)18-7-5-12-31-18/h5,7-12,25H,4,6,13H2,1-3H3,(H,24,28)(H,26,27). The molecule has 3 aromatic rings. The van der Waals surface area contributed by atoms with Crippen molar-refractivity contribution in [1.29, 1.82) is 0 Å². The van der Waals surface area contributed by atoms with Crippen LogP contribution in [-0.4, -0.2) is 29.9 Å². The summed E-state index contributed by atoms with van der Waals surface area (Å²) in [5.74, 6) is -0.856. The molecule has 0 atom stereocenters.